The fraction of sp³-hybridized carbons (Fsp3) is 0.242. The molecule has 0 N–H and O–H groups in total. The fourth-order valence-corrected chi connectivity index (χ4v) is 4.76. The molecule has 4 aromatic rings. The van der Waals surface area contributed by atoms with Crippen molar-refractivity contribution in [1.29, 1.82) is 0 Å². The molecule has 0 saturated carbocycles. The van der Waals surface area contributed by atoms with Crippen molar-refractivity contribution >= 4 is 35.5 Å². The minimum Gasteiger partial charge on any atom is -1.00 e. The van der Waals surface area contributed by atoms with Gasteiger partial charge in [-0.3, -0.25) is 9.78 Å². The van der Waals surface area contributed by atoms with Crippen LogP contribution in [0.25, 0.3) is 11.1 Å². The molecule has 0 bridgehead atoms. The van der Waals surface area contributed by atoms with E-state index in [1.165, 1.54) is 19.4 Å². The van der Waals surface area contributed by atoms with Crippen molar-refractivity contribution in [2.45, 2.75) is 33.5 Å². The Hall–Kier alpha value is -3.47. The van der Waals surface area contributed by atoms with Gasteiger partial charge >= 0.3 is 24.8 Å². The molecule has 4 rings (SSSR count). The molecule has 43 heavy (non-hydrogen) atoms. The van der Waals surface area contributed by atoms with Crippen molar-refractivity contribution in [2.75, 3.05) is 19.6 Å². The second kappa shape index (κ2) is 16.4. The number of hydrogen-bond donors (Lipinski definition) is 0. The zero-order chi connectivity index (χ0) is 30.1. The Morgan fingerprint density at radius 1 is 0.907 bits per heavy atom. The van der Waals surface area contributed by atoms with Crippen molar-refractivity contribution < 1.29 is 48.8 Å². The average molecular weight is 616 g/mol. The van der Waals surface area contributed by atoms with E-state index in [1.54, 1.807) is 18.3 Å². The summed E-state index contributed by atoms with van der Waals surface area (Å²) in [5, 5.41) is 0.283. The largest absolute Gasteiger partial charge is 1.00 e. The van der Waals surface area contributed by atoms with Crippen LogP contribution < -0.4 is 33.1 Å². The number of aldehydes is 1. The number of benzene rings is 3. The van der Waals surface area contributed by atoms with Gasteiger partial charge in [-0.25, -0.2) is 4.79 Å². The molecule has 0 unspecified atom stereocenters. The van der Waals surface area contributed by atoms with Gasteiger partial charge in [-0.1, -0.05) is 41.9 Å². The van der Waals surface area contributed by atoms with Crippen LogP contribution >= 0.6 is 23.2 Å². The van der Waals surface area contributed by atoms with Gasteiger partial charge in [0.25, 0.3) is 0 Å². The Kier molecular flexibility index (Phi) is 13.0. The van der Waals surface area contributed by atoms with Gasteiger partial charge < -0.3 is 20.4 Å². The predicted molar refractivity (Wildman–Crippen MR) is 164 cm³/mol. The second-order valence-electron chi connectivity index (χ2n) is 9.50. The van der Waals surface area contributed by atoms with Crippen LogP contribution in [0, 0.1) is 13.8 Å². The Bertz CT molecular complexity index is 1590. The average Bonchev–Trinajstić information content (AvgIpc) is 3.01. The van der Waals surface area contributed by atoms with E-state index in [-0.39, 0.29) is 44.1 Å². The van der Waals surface area contributed by atoms with Gasteiger partial charge in [0.2, 0.25) is 0 Å². The van der Waals surface area contributed by atoms with Gasteiger partial charge in [-0.05, 0) is 66.3 Å². The maximum Gasteiger partial charge on any atom is 1.00 e. The summed E-state index contributed by atoms with van der Waals surface area (Å²) in [5.74, 6) is 1.55. The van der Waals surface area contributed by atoms with Gasteiger partial charge in [-0.15, -0.1) is 11.6 Å². The maximum absolute atomic E-state index is 11.8. The zero-order valence-corrected chi connectivity index (χ0v) is 26.1. The number of pyridine rings is 1. The topological polar surface area (TPSA) is 84.0 Å². The van der Waals surface area contributed by atoms with Crippen LogP contribution in [0.15, 0.2) is 67.0 Å². The number of aromatic nitrogens is 1. The van der Waals surface area contributed by atoms with E-state index in [9.17, 15) is 9.59 Å². The number of carbonyl (C=O) groups is 2. The Morgan fingerprint density at radius 3 is 2.35 bits per heavy atom. The Labute approximate surface area is 275 Å². The first-order valence-electron chi connectivity index (χ1n) is 13.3. The minimum absolute atomic E-state index is 0. The van der Waals surface area contributed by atoms with E-state index in [0.717, 1.165) is 40.0 Å². The van der Waals surface area contributed by atoms with Crippen LogP contribution in [-0.4, -0.2) is 36.8 Å². The molecule has 1 heterocycles. The van der Waals surface area contributed by atoms with Crippen LogP contribution in [0.2, 0.25) is 5.02 Å². The third kappa shape index (κ3) is 8.55. The maximum atomic E-state index is 11.8. The predicted octanol–water partition coefficient (Wildman–Crippen LogP) is 4.90. The van der Waals surface area contributed by atoms with Crippen molar-refractivity contribution in [3.63, 3.8) is 0 Å². The number of esters is 1. The monoisotopic (exact) mass is 615 g/mol. The molecular formula is C33H32Cl2LiNO6. The number of methoxy groups -OCH3 is 1. The van der Waals surface area contributed by atoms with Crippen molar-refractivity contribution in [2.24, 2.45) is 0 Å². The summed E-state index contributed by atoms with van der Waals surface area (Å²) in [6.07, 6.45) is 4.42. The first kappa shape index (κ1) is 34.0. The number of ether oxygens (including phenoxy) is 4. The standard InChI is InChI=1S/C33H31Cl2NO6.Li.H/c1-21-24(7-4-8-27(21)28-9-5-10-30(22(28)2)40-12-6-11-34)20-42-32-15-31(26(18-37)14-29(32)35)41-19-23-13-25(17-36-16-23)33(38)39-3;;/h4-5,7-10,13-18H,6,11-12,19-20H2,1-3H3;;/q;+1;-1. The molecule has 0 aliphatic heterocycles. The van der Waals surface area contributed by atoms with E-state index >= 15 is 0 Å². The van der Waals surface area contributed by atoms with Crippen LogP contribution in [0.3, 0.4) is 0 Å². The van der Waals surface area contributed by atoms with Crippen molar-refractivity contribution in [3.05, 3.63) is 105 Å². The van der Waals surface area contributed by atoms with E-state index < -0.39 is 5.97 Å². The first-order valence-corrected chi connectivity index (χ1v) is 14.2. The summed E-state index contributed by atoms with van der Waals surface area (Å²) in [6, 6.07) is 16.8. The summed E-state index contributed by atoms with van der Waals surface area (Å²) in [4.78, 5) is 27.6. The number of halogens is 2. The summed E-state index contributed by atoms with van der Waals surface area (Å²) in [5.41, 5.74) is 6.44. The van der Waals surface area contributed by atoms with Crippen molar-refractivity contribution in [1.82, 2.24) is 4.98 Å². The molecule has 0 radical (unpaired) electrons. The molecule has 1 aromatic heterocycles. The molecule has 0 aliphatic rings. The van der Waals surface area contributed by atoms with Gasteiger partial charge in [0.1, 0.15) is 30.5 Å². The quantitative estimate of drug-likeness (QED) is 0.0695. The van der Waals surface area contributed by atoms with Crippen molar-refractivity contribution in [3.8, 4) is 28.4 Å². The minimum atomic E-state index is -0.502. The Balaban J connectivity index is 0.00000337. The number of rotatable bonds is 13. The molecule has 10 heteroatoms. The number of hydrogen-bond acceptors (Lipinski definition) is 7. The molecule has 0 aliphatic carbocycles. The third-order valence-corrected chi connectivity index (χ3v) is 7.30. The molecule has 0 fully saturated rings. The van der Waals surface area contributed by atoms with E-state index in [4.69, 9.17) is 42.1 Å². The molecule has 0 spiro atoms. The van der Waals surface area contributed by atoms with Gasteiger partial charge in [-0.2, -0.15) is 0 Å². The zero-order valence-electron chi connectivity index (χ0n) is 25.6. The van der Waals surface area contributed by atoms with Crippen LogP contribution in [0.5, 0.6) is 17.2 Å². The molecule has 0 amide bonds. The number of nitrogens with zero attached hydrogens (tertiary/aromatic N) is 1. The van der Waals surface area contributed by atoms with E-state index in [2.05, 4.69) is 24.0 Å². The van der Waals surface area contributed by atoms with E-state index in [1.807, 2.05) is 31.2 Å². The van der Waals surface area contributed by atoms with Crippen LogP contribution in [-0.2, 0) is 18.0 Å². The first-order chi connectivity index (χ1) is 20.4. The molecule has 0 atom stereocenters. The summed E-state index contributed by atoms with van der Waals surface area (Å²) >= 11 is 12.3. The van der Waals surface area contributed by atoms with Crippen LogP contribution in [0.1, 0.15) is 50.8 Å². The Morgan fingerprint density at radius 2 is 1.63 bits per heavy atom. The molecule has 0 saturated heterocycles. The van der Waals surface area contributed by atoms with Gasteiger partial charge in [0, 0.05) is 29.9 Å². The number of alkyl halides is 1. The summed E-state index contributed by atoms with van der Waals surface area (Å²) in [6.45, 7) is 4.97. The van der Waals surface area contributed by atoms with E-state index in [0.29, 0.717) is 41.4 Å². The molecule has 7 nitrogen and oxygen atoms in total. The second-order valence-corrected chi connectivity index (χ2v) is 10.3. The van der Waals surface area contributed by atoms with Gasteiger partial charge in [0.05, 0.1) is 29.9 Å². The van der Waals surface area contributed by atoms with Gasteiger partial charge in [0.15, 0.2) is 6.29 Å². The SMILES string of the molecule is COC(=O)c1cncc(COc2cc(OCc3cccc(-c4cccc(OCCCCl)c4C)c3C)c(Cl)cc2C=O)c1.[H-].[Li+]. The molecule has 3 aromatic carbocycles. The third-order valence-electron chi connectivity index (χ3n) is 6.74. The smallest absolute Gasteiger partial charge is 1.00 e. The fourth-order valence-electron chi connectivity index (χ4n) is 4.42. The summed E-state index contributed by atoms with van der Waals surface area (Å²) < 4.78 is 22.7. The number of carbonyl (C=O) groups excluding carboxylic acids is 2. The molecular weight excluding hydrogens is 584 g/mol. The molecule has 220 valence electrons. The summed E-state index contributed by atoms with van der Waals surface area (Å²) in [7, 11) is 1.30. The normalized spacial score (nSPS) is 10.4. The van der Waals surface area contributed by atoms with Crippen LogP contribution in [0.4, 0.5) is 0 Å².